The SMILES string of the molecule is CCCC1NC(C(=O)N2CCN(C(C)=O)CC2)(c2ccc(OC)cc2OC(C)C)NC1c1ccc(Cl)cc1. The van der Waals surface area contributed by atoms with Crippen molar-refractivity contribution >= 4 is 23.4 Å². The molecule has 0 aliphatic carbocycles. The second kappa shape index (κ2) is 11.9. The maximum absolute atomic E-state index is 14.6. The van der Waals surface area contributed by atoms with Gasteiger partial charge in [-0.25, -0.2) is 0 Å². The average molecular weight is 543 g/mol. The third-order valence-corrected chi connectivity index (χ3v) is 7.55. The van der Waals surface area contributed by atoms with E-state index in [0.717, 1.165) is 18.4 Å². The lowest BCUT2D eigenvalue weighted by molar-refractivity contribution is -0.144. The Morgan fingerprint density at radius 2 is 1.71 bits per heavy atom. The van der Waals surface area contributed by atoms with E-state index in [4.69, 9.17) is 21.1 Å². The minimum absolute atomic E-state index is 0.0161. The molecule has 0 spiro atoms. The lowest BCUT2D eigenvalue weighted by atomic mass is 9.95. The number of rotatable bonds is 8. The summed E-state index contributed by atoms with van der Waals surface area (Å²) in [5.41, 5.74) is 0.527. The van der Waals surface area contributed by atoms with Crippen LogP contribution in [0.2, 0.25) is 5.02 Å². The van der Waals surface area contributed by atoms with Crippen LogP contribution < -0.4 is 20.1 Å². The van der Waals surface area contributed by atoms with Gasteiger partial charge in [0.05, 0.1) is 13.2 Å². The number of ether oxygens (including phenoxy) is 2. The zero-order valence-corrected chi connectivity index (χ0v) is 23.7. The summed E-state index contributed by atoms with van der Waals surface area (Å²) >= 11 is 6.20. The lowest BCUT2D eigenvalue weighted by Crippen LogP contribution is -2.62. The smallest absolute Gasteiger partial charge is 0.262 e. The summed E-state index contributed by atoms with van der Waals surface area (Å²) in [6.07, 6.45) is 1.71. The second-order valence-electron chi connectivity index (χ2n) is 10.3. The van der Waals surface area contributed by atoms with E-state index in [1.807, 2.05) is 61.2 Å². The summed E-state index contributed by atoms with van der Waals surface area (Å²) < 4.78 is 11.8. The fourth-order valence-electron chi connectivity index (χ4n) is 5.42. The van der Waals surface area contributed by atoms with Crippen LogP contribution in [0.25, 0.3) is 0 Å². The zero-order chi connectivity index (χ0) is 27.4. The van der Waals surface area contributed by atoms with Crippen LogP contribution in [-0.4, -0.2) is 67.0 Å². The Labute approximate surface area is 230 Å². The van der Waals surface area contributed by atoms with E-state index in [-0.39, 0.29) is 30.0 Å². The number of hydrogen-bond acceptors (Lipinski definition) is 6. The van der Waals surface area contributed by atoms with Gasteiger partial charge in [-0.3, -0.25) is 20.2 Å². The van der Waals surface area contributed by atoms with Crippen LogP contribution in [0.3, 0.4) is 0 Å². The maximum Gasteiger partial charge on any atom is 0.262 e. The number of nitrogens with one attached hydrogen (secondary N) is 2. The minimum atomic E-state index is -1.24. The Morgan fingerprint density at radius 3 is 2.29 bits per heavy atom. The molecule has 0 radical (unpaired) electrons. The normalized spacial score (nSPS) is 23.6. The molecule has 2 aromatic carbocycles. The van der Waals surface area contributed by atoms with E-state index in [1.54, 1.807) is 18.9 Å². The highest BCUT2D eigenvalue weighted by Gasteiger charge is 2.54. The summed E-state index contributed by atoms with van der Waals surface area (Å²) in [4.78, 5) is 30.1. The highest BCUT2D eigenvalue weighted by Crippen LogP contribution is 2.41. The van der Waals surface area contributed by atoms with Crippen LogP contribution in [0, 0.1) is 0 Å². The summed E-state index contributed by atoms with van der Waals surface area (Å²) in [7, 11) is 1.61. The molecular formula is C29H39ClN4O4. The van der Waals surface area contributed by atoms with Crippen LogP contribution in [-0.2, 0) is 15.3 Å². The van der Waals surface area contributed by atoms with Crippen molar-refractivity contribution in [3.05, 3.63) is 58.6 Å². The molecule has 0 aromatic heterocycles. The first-order valence-corrected chi connectivity index (χ1v) is 13.8. The molecule has 0 saturated carbocycles. The largest absolute Gasteiger partial charge is 0.497 e. The first-order valence-electron chi connectivity index (χ1n) is 13.4. The van der Waals surface area contributed by atoms with Crippen LogP contribution in [0.5, 0.6) is 11.5 Å². The average Bonchev–Trinajstić information content (AvgIpc) is 3.28. The van der Waals surface area contributed by atoms with Crippen molar-refractivity contribution in [3.8, 4) is 11.5 Å². The van der Waals surface area contributed by atoms with E-state index < -0.39 is 5.66 Å². The highest BCUT2D eigenvalue weighted by molar-refractivity contribution is 6.30. The van der Waals surface area contributed by atoms with E-state index in [9.17, 15) is 9.59 Å². The number of piperazine rings is 1. The third-order valence-electron chi connectivity index (χ3n) is 7.29. The lowest BCUT2D eigenvalue weighted by Gasteiger charge is -2.40. The van der Waals surface area contributed by atoms with Crippen LogP contribution in [0.4, 0.5) is 0 Å². The van der Waals surface area contributed by atoms with E-state index >= 15 is 0 Å². The number of carbonyl (C=O) groups is 2. The third kappa shape index (κ3) is 5.77. The topological polar surface area (TPSA) is 83.1 Å². The number of benzene rings is 2. The van der Waals surface area contributed by atoms with Gasteiger partial charge in [-0.2, -0.15) is 0 Å². The Hall–Kier alpha value is -2.81. The molecule has 2 heterocycles. The Kier molecular flexibility index (Phi) is 8.85. The molecule has 9 heteroatoms. The van der Waals surface area contributed by atoms with Crippen molar-refractivity contribution in [1.29, 1.82) is 0 Å². The summed E-state index contributed by atoms with van der Waals surface area (Å²) in [6.45, 7) is 9.58. The van der Waals surface area contributed by atoms with Crippen molar-refractivity contribution in [3.63, 3.8) is 0 Å². The van der Waals surface area contributed by atoms with Crippen molar-refractivity contribution < 1.29 is 19.1 Å². The quantitative estimate of drug-likeness (QED) is 0.523. The molecule has 2 saturated heterocycles. The van der Waals surface area contributed by atoms with Gasteiger partial charge in [0.1, 0.15) is 11.5 Å². The molecule has 2 aromatic rings. The van der Waals surface area contributed by atoms with Crippen LogP contribution >= 0.6 is 11.6 Å². The summed E-state index contributed by atoms with van der Waals surface area (Å²) in [5, 5.41) is 8.12. The van der Waals surface area contributed by atoms with Crippen molar-refractivity contribution in [2.75, 3.05) is 33.3 Å². The molecule has 2 N–H and O–H groups in total. The zero-order valence-electron chi connectivity index (χ0n) is 22.9. The Bertz CT molecular complexity index is 1130. The molecule has 2 fully saturated rings. The molecule has 2 aliphatic rings. The van der Waals surface area contributed by atoms with Crippen molar-refractivity contribution in [2.45, 2.75) is 64.4 Å². The first-order chi connectivity index (χ1) is 18.2. The molecule has 0 bridgehead atoms. The fourth-order valence-corrected chi connectivity index (χ4v) is 5.55. The van der Waals surface area contributed by atoms with Gasteiger partial charge < -0.3 is 19.3 Å². The van der Waals surface area contributed by atoms with Gasteiger partial charge in [-0.15, -0.1) is 0 Å². The predicted molar refractivity (Wildman–Crippen MR) is 148 cm³/mol. The molecule has 8 nitrogen and oxygen atoms in total. The monoisotopic (exact) mass is 542 g/mol. The highest BCUT2D eigenvalue weighted by atomic mass is 35.5. The van der Waals surface area contributed by atoms with E-state index in [1.165, 1.54) is 0 Å². The first kappa shape index (κ1) is 28.2. The van der Waals surface area contributed by atoms with Crippen molar-refractivity contribution in [2.24, 2.45) is 0 Å². The van der Waals surface area contributed by atoms with Gasteiger partial charge in [0, 0.05) is 61.8 Å². The number of amides is 2. The number of hydrogen-bond donors (Lipinski definition) is 2. The van der Waals surface area contributed by atoms with Gasteiger partial charge >= 0.3 is 0 Å². The van der Waals surface area contributed by atoms with Crippen LogP contribution in [0.1, 0.15) is 57.7 Å². The Morgan fingerprint density at radius 1 is 1.05 bits per heavy atom. The van der Waals surface area contributed by atoms with Gasteiger partial charge in [0.2, 0.25) is 5.91 Å². The Balaban J connectivity index is 1.81. The summed E-state index contributed by atoms with van der Waals surface area (Å²) in [5.74, 6) is 1.18. The number of methoxy groups -OCH3 is 1. The molecule has 2 amide bonds. The predicted octanol–water partition coefficient (Wildman–Crippen LogP) is 4.08. The summed E-state index contributed by atoms with van der Waals surface area (Å²) in [6, 6.07) is 13.2. The molecular weight excluding hydrogens is 504 g/mol. The van der Waals surface area contributed by atoms with Crippen LogP contribution in [0.15, 0.2) is 42.5 Å². The number of halogens is 1. The standard InChI is InChI=1S/C29H39ClN4O4/c1-6-7-25-27(21-8-10-22(30)11-9-21)32-29(31-25,28(36)34-16-14-33(15-17-34)20(4)35)24-13-12-23(37-5)18-26(24)38-19(2)3/h8-13,18-19,25,27,31-32H,6-7,14-17H2,1-5H3. The van der Waals surface area contributed by atoms with E-state index in [0.29, 0.717) is 48.3 Å². The fraction of sp³-hybridized carbons (Fsp3) is 0.517. The second-order valence-corrected chi connectivity index (χ2v) is 10.7. The van der Waals surface area contributed by atoms with Gasteiger partial charge in [0.15, 0.2) is 5.66 Å². The van der Waals surface area contributed by atoms with Gasteiger partial charge in [-0.1, -0.05) is 37.1 Å². The molecule has 206 valence electrons. The molecule has 3 unspecified atom stereocenters. The van der Waals surface area contributed by atoms with E-state index in [2.05, 4.69) is 17.6 Å². The molecule has 2 aliphatic heterocycles. The number of nitrogens with zero attached hydrogens (tertiary/aromatic N) is 2. The van der Waals surface area contributed by atoms with Gasteiger partial charge in [-0.05, 0) is 50.1 Å². The maximum atomic E-state index is 14.6. The number of carbonyl (C=O) groups excluding carboxylic acids is 2. The molecule has 3 atom stereocenters. The molecule has 38 heavy (non-hydrogen) atoms. The minimum Gasteiger partial charge on any atom is -0.497 e. The van der Waals surface area contributed by atoms with Gasteiger partial charge in [0.25, 0.3) is 5.91 Å². The van der Waals surface area contributed by atoms with Crippen molar-refractivity contribution in [1.82, 2.24) is 20.4 Å². The molecule has 4 rings (SSSR count).